The summed E-state index contributed by atoms with van der Waals surface area (Å²) in [6.07, 6.45) is -0.348. The molecule has 9 nitrogen and oxygen atoms in total. The standard InChI is InChI=1S/C20H35NO8/c1-7-9-17(23)25-11-15(21-14(4)22)19(28-18(24)10-8-2)27-16-12-26-20(5,6)29-13(16)3/h13,15-16,19H,7-12H2,1-6H3,(H,21,22)/t13-,15+,16?,19-/m0/s1. The highest BCUT2D eigenvalue weighted by atomic mass is 16.8. The normalized spacial score (nSPS) is 23.0. The van der Waals surface area contributed by atoms with E-state index in [1.165, 1.54) is 6.92 Å². The molecule has 1 unspecified atom stereocenters. The zero-order chi connectivity index (χ0) is 22.0. The van der Waals surface area contributed by atoms with Crippen LogP contribution in [0.15, 0.2) is 0 Å². The number of carbonyl (C=O) groups is 3. The molecule has 1 aliphatic rings. The van der Waals surface area contributed by atoms with Crippen LogP contribution < -0.4 is 5.32 Å². The van der Waals surface area contributed by atoms with E-state index in [9.17, 15) is 14.4 Å². The third-order valence-corrected chi connectivity index (χ3v) is 4.19. The van der Waals surface area contributed by atoms with E-state index in [1.807, 2.05) is 20.8 Å². The molecule has 168 valence electrons. The van der Waals surface area contributed by atoms with Crippen LogP contribution in [0.2, 0.25) is 0 Å². The molecule has 1 amide bonds. The van der Waals surface area contributed by atoms with E-state index in [2.05, 4.69) is 5.32 Å². The summed E-state index contributed by atoms with van der Waals surface area (Å²) in [5, 5.41) is 2.65. The van der Waals surface area contributed by atoms with Crippen LogP contribution in [0.3, 0.4) is 0 Å². The molecule has 0 spiro atoms. The number of ether oxygens (including phenoxy) is 5. The van der Waals surface area contributed by atoms with Crippen molar-refractivity contribution in [1.82, 2.24) is 5.32 Å². The third-order valence-electron chi connectivity index (χ3n) is 4.19. The molecule has 0 aromatic heterocycles. The number of hydrogen-bond acceptors (Lipinski definition) is 8. The van der Waals surface area contributed by atoms with Gasteiger partial charge in [-0.2, -0.15) is 0 Å². The fraction of sp³-hybridized carbons (Fsp3) is 0.850. The van der Waals surface area contributed by atoms with Gasteiger partial charge in [-0.15, -0.1) is 0 Å². The Kier molecular flexibility index (Phi) is 10.6. The molecule has 1 aliphatic heterocycles. The Balaban J connectivity index is 2.93. The molecule has 1 fully saturated rings. The summed E-state index contributed by atoms with van der Waals surface area (Å²) in [5.74, 6) is -1.99. The molecular weight excluding hydrogens is 382 g/mol. The maximum atomic E-state index is 12.1. The average molecular weight is 417 g/mol. The topological polar surface area (TPSA) is 109 Å². The second kappa shape index (κ2) is 12.1. The van der Waals surface area contributed by atoms with Gasteiger partial charge in [-0.1, -0.05) is 13.8 Å². The molecule has 0 bridgehead atoms. The van der Waals surface area contributed by atoms with Gasteiger partial charge in [0, 0.05) is 19.8 Å². The predicted octanol–water partition coefficient (Wildman–Crippen LogP) is 2.06. The lowest BCUT2D eigenvalue weighted by Crippen LogP contribution is -2.55. The maximum Gasteiger partial charge on any atom is 0.308 e. The van der Waals surface area contributed by atoms with Crippen molar-refractivity contribution in [3.05, 3.63) is 0 Å². The van der Waals surface area contributed by atoms with Crippen LogP contribution in [0.4, 0.5) is 0 Å². The molecule has 29 heavy (non-hydrogen) atoms. The van der Waals surface area contributed by atoms with Gasteiger partial charge in [0.25, 0.3) is 0 Å². The smallest absolute Gasteiger partial charge is 0.308 e. The van der Waals surface area contributed by atoms with E-state index in [-0.39, 0.29) is 38.1 Å². The van der Waals surface area contributed by atoms with E-state index in [0.717, 1.165) is 0 Å². The van der Waals surface area contributed by atoms with Gasteiger partial charge in [0.05, 0.1) is 12.7 Å². The third kappa shape index (κ3) is 9.56. The Morgan fingerprint density at radius 1 is 1.14 bits per heavy atom. The van der Waals surface area contributed by atoms with E-state index in [4.69, 9.17) is 23.7 Å². The van der Waals surface area contributed by atoms with E-state index >= 15 is 0 Å². The summed E-state index contributed by atoms with van der Waals surface area (Å²) in [6, 6.07) is -0.865. The number of hydrogen-bond donors (Lipinski definition) is 1. The molecule has 9 heteroatoms. The lowest BCUT2D eigenvalue weighted by Gasteiger charge is -2.41. The quantitative estimate of drug-likeness (QED) is 0.402. The second-order valence-corrected chi connectivity index (χ2v) is 7.56. The van der Waals surface area contributed by atoms with Crippen molar-refractivity contribution >= 4 is 17.8 Å². The Morgan fingerprint density at radius 2 is 1.76 bits per heavy atom. The number of amides is 1. The number of nitrogens with one attached hydrogen (secondary N) is 1. The summed E-state index contributed by atoms with van der Waals surface area (Å²) >= 11 is 0. The number of rotatable bonds is 11. The van der Waals surface area contributed by atoms with Crippen LogP contribution in [0, 0.1) is 0 Å². The van der Waals surface area contributed by atoms with Crippen molar-refractivity contribution in [2.24, 2.45) is 0 Å². The van der Waals surface area contributed by atoms with Crippen molar-refractivity contribution in [2.45, 2.75) is 97.6 Å². The highest BCUT2D eigenvalue weighted by Gasteiger charge is 2.39. The van der Waals surface area contributed by atoms with E-state index in [0.29, 0.717) is 12.8 Å². The minimum absolute atomic E-state index is 0.184. The molecule has 4 atom stereocenters. The monoisotopic (exact) mass is 417 g/mol. The van der Waals surface area contributed by atoms with Gasteiger partial charge in [0.15, 0.2) is 5.79 Å². The molecule has 0 aromatic rings. The molecule has 0 aromatic carbocycles. The van der Waals surface area contributed by atoms with Gasteiger partial charge in [-0.3, -0.25) is 14.4 Å². The first-order valence-electron chi connectivity index (χ1n) is 10.2. The molecule has 0 radical (unpaired) electrons. The predicted molar refractivity (Wildman–Crippen MR) is 104 cm³/mol. The van der Waals surface area contributed by atoms with Gasteiger partial charge < -0.3 is 29.0 Å². The average Bonchev–Trinajstić information content (AvgIpc) is 2.60. The van der Waals surface area contributed by atoms with Crippen molar-refractivity contribution < 1.29 is 38.1 Å². The molecule has 0 saturated carbocycles. The minimum atomic E-state index is -1.16. The van der Waals surface area contributed by atoms with Crippen LogP contribution in [-0.2, 0) is 38.1 Å². The molecular formula is C20H35NO8. The van der Waals surface area contributed by atoms with Gasteiger partial charge in [-0.05, 0) is 33.6 Å². The Bertz CT molecular complexity index is 551. The Hall–Kier alpha value is -1.71. The van der Waals surface area contributed by atoms with Crippen LogP contribution in [0.25, 0.3) is 0 Å². The van der Waals surface area contributed by atoms with Crippen molar-refractivity contribution in [3.63, 3.8) is 0 Å². The van der Waals surface area contributed by atoms with E-state index < -0.39 is 36.2 Å². The van der Waals surface area contributed by atoms with Gasteiger partial charge >= 0.3 is 11.9 Å². The summed E-state index contributed by atoms with van der Waals surface area (Å²) < 4.78 is 28.1. The first kappa shape index (κ1) is 25.3. The highest BCUT2D eigenvalue weighted by Crippen LogP contribution is 2.25. The fourth-order valence-electron chi connectivity index (χ4n) is 2.80. The van der Waals surface area contributed by atoms with Crippen LogP contribution in [0.1, 0.15) is 67.2 Å². The largest absolute Gasteiger partial charge is 0.463 e. The lowest BCUT2D eigenvalue weighted by atomic mass is 10.2. The fourth-order valence-corrected chi connectivity index (χ4v) is 2.80. The van der Waals surface area contributed by atoms with Crippen LogP contribution in [0.5, 0.6) is 0 Å². The summed E-state index contributed by atoms with van der Waals surface area (Å²) in [6.45, 7) is 10.5. The second-order valence-electron chi connectivity index (χ2n) is 7.56. The lowest BCUT2D eigenvalue weighted by molar-refractivity contribution is -0.325. The van der Waals surface area contributed by atoms with E-state index in [1.54, 1.807) is 13.8 Å². The number of esters is 2. The molecule has 1 rings (SSSR count). The molecule has 0 aliphatic carbocycles. The number of carbonyl (C=O) groups excluding carboxylic acids is 3. The summed E-state index contributed by atoms with van der Waals surface area (Å²) in [7, 11) is 0. The Labute approximate surface area is 172 Å². The zero-order valence-electron chi connectivity index (χ0n) is 18.3. The van der Waals surface area contributed by atoms with Crippen molar-refractivity contribution in [1.29, 1.82) is 0 Å². The highest BCUT2D eigenvalue weighted by molar-refractivity contribution is 5.74. The van der Waals surface area contributed by atoms with Crippen LogP contribution >= 0.6 is 0 Å². The summed E-state index contributed by atoms with van der Waals surface area (Å²) in [5.41, 5.74) is 0. The van der Waals surface area contributed by atoms with Crippen LogP contribution in [-0.4, -0.2) is 61.4 Å². The van der Waals surface area contributed by atoms with Gasteiger partial charge in [0.1, 0.15) is 18.8 Å². The zero-order valence-corrected chi connectivity index (χ0v) is 18.3. The van der Waals surface area contributed by atoms with Crippen molar-refractivity contribution in [3.8, 4) is 0 Å². The summed E-state index contributed by atoms with van der Waals surface area (Å²) in [4.78, 5) is 35.6. The van der Waals surface area contributed by atoms with Gasteiger partial charge in [0.2, 0.25) is 12.2 Å². The maximum absolute atomic E-state index is 12.1. The Morgan fingerprint density at radius 3 is 2.31 bits per heavy atom. The molecule has 1 N–H and O–H groups in total. The van der Waals surface area contributed by atoms with Gasteiger partial charge in [-0.25, -0.2) is 0 Å². The first-order chi connectivity index (χ1) is 13.6. The first-order valence-corrected chi connectivity index (χ1v) is 10.2. The molecule has 1 saturated heterocycles. The minimum Gasteiger partial charge on any atom is -0.463 e. The SMILES string of the molecule is CCCC(=O)OC[C@@H](NC(C)=O)[C@H](OC(=O)CCC)OC1COC(C)(C)O[C@H]1C. The molecule has 1 heterocycles. The van der Waals surface area contributed by atoms with Crippen molar-refractivity contribution in [2.75, 3.05) is 13.2 Å².